The van der Waals surface area contributed by atoms with Gasteiger partial charge in [0.05, 0.1) is 24.0 Å². The predicted molar refractivity (Wildman–Crippen MR) is 145 cm³/mol. The number of pyridine rings is 1. The van der Waals surface area contributed by atoms with Crippen LogP contribution < -0.4 is 10.6 Å². The van der Waals surface area contributed by atoms with E-state index in [-0.39, 0.29) is 23.8 Å². The molecule has 2 atom stereocenters. The number of aromatic nitrogens is 1. The molecule has 1 aliphatic rings. The average molecular weight is 510 g/mol. The Morgan fingerprint density at radius 1 is 1.08 bits per heavy atom. The zero-order chi connectivity index (χ0) is 26.5. The summed E-state index contributed by atoms with van der Waals surface area (Å²) >= 11 is 0. The van der Waals surface area contributed by atoms with Crippen molar-refractivity contribution >= 4 is 22.5 Å². The molecule has 2 heterocycles. The molecule has 1 aromatic heterocycles. The van der Waals surface area contributed by atoms with E-state index in [1.165, 1.54) is 12.1 Å². The zero-order valence-corrected chi connectivity index (χ0v) is 21.0. The van der Waals surface area contributed by atoms with Gasteiger partial charge in [0.1, 0.15) is 17.6 Å². The lowest BCUT2D eigenvalue weighted by Gasteiger charge is -2.22. The van der Waals surface area contributed by atoms with Gasteiger partial charge < -0.3 is 15.4 Å². The van der Waals surface area contributed by atoms with E-state index in [2.05, 4.69) is 26.6 Å². The number of fused-ring (bicyclic) bond motifs is 1. The van der Waals surface area contributed by atoms with Gasteiger partial charge in [-0.25, -0.2) is 14.2 Å². The third-order valence-corrected chi connectivity index (χ3v) is 6.90. The van der Waals surface area contributed by atoms with E-state index in [4.69, 9.17) is 4.74 Å². The molecule has 0 unspecified atom stereocenters. The molecule has 2 amide bonds. The highest BCUT2D eigenvalue weighted by atomic mass is 19.1. The van der Waals surface area contributed by atoms with Gasteiger partial charge in [-0.05, 0) is 17.7 Å². The molecule has 5 rings (SSSR count). The van der Waals surface area contributed by atoms with Crippen LogP contribution in [0.4, 0.5) is 14.9 Å². The minimum Gasteiger partial charge on any atom is -0.383 e. The molecule has 0 radical (unpaired) electrons. The second-order valence-corrected chi connectivity index (χ2v) is 9.33. The van der Waals surface area contributed by atoms with Crippen molar-refractivity contribution in [2.75, 3.05) is 38.7 Å². The lowest BCUT2D eigenvalue weighted by Crippen LogP contribution is -2.42. The van der Waals surface area contributed by atoms with Gasteiger partial charge in [-0.2, -0.15) is 5.26 Å². The number of methoxy groups -OCH3 is 1. The summed E-state index contributed by atoms with van der Waals surface area (Å²) in [5, 5.41) is 17.3. The third kappa shape index (κ3) is 5.35. The number of likely N-dealkylation sites (tertiary alicyclic amines) is 1. The Bertz CT molecular complexity index is 1490. The molecular weight excluding hydrogens is 481 g/mol. The highest BCUT2D eigenvalue weighted by molar-refractivity contribution is 6.08. The number of hydrogen-bond donors (Lipinski definition) is 2. The Morgan fingerprint density at radius 3 is 2.58 bits per heavy atom. The highest BCUT2D eigenvalue weighted by Gasteiger charge is 2.35. The Morgan fingerprint density at radius 2 is 1.84 bits per heavy atom. The van der Waals surface area contributed by atoms with Gasteiger partial charge in [-0.3, -0.25) is 4.90 Å². The second kappa shape index (κ2) is 11.4. The van der Waals surface area contributed by atoms with Gasteiger partial charge in [0.25, 0.3) is 0 Å². The summed E-state index contributed by atoms with van der Waals surface area (Å²) in [6, 6.07) is 25.0. The van der Waals surface area contributed by atoms with Crippen LogP contribution in [-0.4, -0.2) is 55.3 Å². The lowest BCUT2D eigenvalue weighted by atomic mass is 9.94. The molecule has 7 nitrogen and oxygen atoms in total. The maximum Gasteiger partial charge on any atom is 0.319 e. The second-order valence-electron chi connectivity index (χ2n) is 9.33. The topological polar surface area (TPSA) is 90.3 Å². The summed E-state index contributed by atoms with van der Waals surface area (Å²) in [5.41, 5.74) is 2.96. The van der Waals surface area contributed by atoms with Crippen LogP contribution in [0, 0.1) is 17.1 Å². The summed E-state index contributed by atoms with van der Waals surface area (Å²) in [7, 11) is 1.66. The van der Waals surface area contributed by atoms with Crippen LogP contribution in [0.3, 0.4) is 0 Å². The van der Waals surface area contributed by atoms with Crippen molar-refractivity contribution < 1.29 is 13.9 Å². The van der Waals surface area contributed by atoms with E-state index in [9.17, 15) is 14.4 Å². The van der Waals surface area contributed by atoms with E-state index in [1.807, 2.05) is 60.7 Å². The van der Waals surface area contributed by atoms with Crippen LogP contribution in [0.5, 0.6) is 0 Å². The fraction of sp³-hybridized carbons (Fsp3) is 0.233. The normalized spacial score (nSPS) is 17.3. The largest absolute Gasteiger partial charge is 0.383 e. The molecule has 1 aliphatic heterocycles. The first-order valence-electron chi connectivity index (χ1n) is 12.5. The Balaban J connectivity index is 1.47. The molecule has 4 aromatic rings. The summed E-state index contributed by atoms with van der Waals surface area (Å²) in [4.78, 5) is 20.3. The van der Waals surface area contributed by atoms with Crippen molar-refractivity contribution in [2.45, 2.75) is 12.0 Å². The summed E-state index contributed by atoms with van der Waals surface area (Å²) in [6.45, 7) is 2.56. The smallest absolute Gasteiger partial charge is 0.319 e. The number of hydrogen-bond acceptors (Lipinski definition) is 5. The first-order chi connectivity index (χ1) is 18.6. The van der Waals surface area contributed by atoms with Gasteiger partial charge in [0.2, 0.25) is 0 Å². The summed E-state index contributed by atoms with van der Waals surface area (Å²) in [5.74, 6) is -0.388. The van der Waals surface area contributed by atoms with Gasteiger partial charge in [0.15, 0.2) is 0 Å². The molecule has 1 fully saturated rings. The van der Waals surface area contributed by atoms with Crippen molar-refractivity contribution in [3.05, 3.63) is 95.9 Å². The number of nitriles is 1. The first-order valence-corrected chi connectivity index (χ1v) is 12.5. The number of halogens is 1. The Hall–Kier alpha value is -4.32. The summed E-state index contributed by atoms with van der Waals surface area (Å²) in [6.07, 6.45) is 0. The molecule has 0 saturated carbocycles. The third-order valence-electron chi connectivity index (χ3n) is 6.90. The zero-order valence-electron chi connectivity index (χ0n) is 21.0. The number of benzene rings is 3. The fourth-order valence-corrected chi connectivity index (χ4v) is 5.11. The van der Waals surface area contributed by atoms with E-state index in [0.717, 1.165) is 16.5 Å². The van der Waals surface area contributed by atoms with E-state index < -0.39 is 0 Å². The SMILES string of the molecule is COCCN1C[C@@H](NC(=O)Nc2c(-c3ccccc3)nc(C#N)c3ccccc23)[C@H](c2cccc(F)c2)C1. The maximum absolute atomic E-state index is 14.1. The monoisotopic (exact) mass is 509 g/mol. The molecule has 8 heteroatoms. The van der Waals surface area contributed by atoms with E-state index in [1.54, 1.807) is 13.2 Å². The number of urea groups is 1. The molecule has 0 bridgehead atoms. The molecular formula is C30H28FN5O2. The molecule has 3 aromatic carbocycles. The molecule has 0 spiro atoms. The summed E-state index contributed by atoms with van der Waals surface area (Å²) < 4.78 is 19.3. The highest BCUT2D eigenvalue weighted by Crippen LogP contribution is 2.35. The van der Waals surface area contributed by atoms with Crippen LogP contribution >= 0.6 is 0 Å². The van der Waals surface area contributed by atoms with Crippen LogP contribution in [0.1, 0.15) is 17.2 Å². The maximum atomic E-state index is 14.1. The van der Waals surface area contributed by atoms with Crippen molar-refractivity contribution in [1.82, 2.24) is 15.2 Å². The van der Waals surface area contributed by atoms with Gasteiger partial charge in [0, 0.05) is 49.0 Å². The van der Waals surface area contributed by atoms with Crippen molar-refractivity contribution in [1.29, 1.82) is 5.26 Å². The van der Waals surface area contributed by atoms with Gasteiger partial charge >= 0.3 is 6.03 Å². The molecule has 2 N–H and O–H groups in total. The number of ether oxygens (including phenoxy) is 1. The van der Waals surface area contributed by atoms with Crippen LogP contribution in [0.15, 0.2) is 78.9 Å². The van der Waals surface area contributed by atoms with Gasteiger partial charge in [-0.1, -0.05) is 66.7 Å². The quantitative estimate of drug-likeness (QED) is 0.360. The average Bonchev–Trinajstić information content (AvgIpc) is 3.34. The fourth-order valence-electron chi connectivity index (χ4n) is 5.11. The van der Waals surface area contributed by atoms with E-state index in [0.29, 0.717) is 48.7 Å². The van der Waals surface area contributed by atoms with Gasteiger partial charge in [-0.15, -0.1) is 0 Å². The molecule has 1 saturated heterocycles. The van der Waals surface area contributed by atoms with Crippen molar-refractivity contribution in [2.24, 2.45) is 0 Å². The van der Waals surface area contributed by atoms with Crippen LogP contribution in [-0.2, 0) is 4.74 Å². The standard InChI is InChI=1S/C30H28FN5O2/c1-38-15-14-36-18-25(21-10-7-11-22(31)16-21)27(19-36)34-30(37)35-29-24-13-6-5-12-23(24)26(17-32)33-28(29)20-8-3-2-4-9-20/h2-13,16,25,27H,14-15,18-19H2,1H3,(H2,34,35,37)/t25-,27+/m0/s1. The molecule has 0 aliphatic carbocycles. The van der Waals surface area contributed by atoms with Crippen LogP contribution in [0.25, 0.3) is 22.0 Å². The first kappa shape index (κ1) is 25.3. The number of carbonyl (C=O) groups excluding carboxylic acids is 1. The lowest BCUT2D eigenvalue weighted by molar-refractivity contribution is 0.159. The number of amides is 2. The minimum atomic E-state index is -0.390. The van der Waals surface area contributed by atoms with Crippen molar-refractivity contribution in [3.8, 4) is 17.3 Å². The number of nitrogens with zero attached hydrogens (tertiary/aromatic N) is 3. The number of anilines is 1. The Kier molecular flexibility index (Phi) is 7.59. The van der Waals surface area contributed by atoms with Crippen molar-refractivity contribution in [3.63, 3.8) is 0 Å². The minimum absolute atomic E-state index is 0.0854. The Labute approximate surface area is 220 Å². The predicted octanol–water partition coefficient (Wildman–Crippen LogP) is 5.15. The van der Waals surface area contributed by atoms with Crippen LogP contribution in [0.2, 0.25) is 0 Å². The number of rotatable bonds is 7. The number of carbonyl (C=O) groups is 1. The number of nitrogens with one attached hydrogen (secondary N) is 2. The molecule has 38 heavy (non-hydrogen) atoms. The van der Waals surface area contributed by atoms with E-state index >= 15 is 0 Å². The molecule has 192 valence electrons.